The van der Waals surface area contributed by atoms with Crippen molar-refractivity contribution in [3.8, 4) is 5.75 Å². The molecule has 0 radical (unpaired) electrons. The number of imidazole rings is 1. The van der Waals surface area contributed by atoms with Crippen molar-refractivity contribution >= 4 is 16.9 Å². The average molecular weight is 493 g/mol. The molecule has 0 N–H and O–H groups in total. The predicted molar refractivity (Wildman–Crippen MR) is 130 cm³/mol. The van der Waals surface area contributed by atoms with E-state index in [-0.39, 0.29) is 30.0 Å². The smallest absolute Gasteiger partial charge is 0.223 e. The van der Waals surface area contributed by atoms with Crippen LogP contribution >= 0.6 is 0 Å². The van der Waals surface area contributed by atoms with Gasteiger partial charge in [0.05, 0.1) is 17.6 Å². The normalized spacial score (nSPS) is 15.5. The van der Waals surface area contributed by atoms with Crippen LogP contribution in [-0.2, 0) is 17.9 Å². The number of hydrogen-bond donors (Lipinski definition) is 0. The van der Waals surface area contributed by atoms with Crippen LogP contribution in [0.15, 0.2) is 66.7 Å². The molecular weight excluding hydrogens is 465 g/mol. The molecule has 35 heavy (non-hydrogen) atoms. The summed E-state index contributed by atoms with van der Waals surface area (Å²) in [4.78, 5) is 19.6. The summed E-state index contributed by atoms with van der Waals surface area (Å²) in [6.45, 7) is 6.34. The predicted octanol–water partition coefficient (Wildman–Crippen LogP) is 2.39. The maximum atomic E-state index is 13.3. The molecule has 1 aromatic heterocycles. The van der Waals surface area contributed by atoms with Crippen molar-refractivity contribution in [2.45, 2.75) is 39.3 Å². The van der Waals surface area contributed by atoms with E-state index in [1.54, 1.807) is 12.1 Å². The summed E-state index contributed by atoms with van der Waals surface area (Å²) in [7, 11) is 0. The van der Waals surface area contributed by atoms with E-state index in [1.165, 1.54) is 12.1 Å². The lowest BCUT2D eigenvalue weighted by Crippen LogP contribution is -3.00. The summed E-state index contributed by atoms with van der Waals surface area (Å²) < 4.78 is 21.6. The van der Waals surface area contributed by atoms with Crippen LogP contribution in [0.4, 0.5) is 4.39 Å². The minimum atomic E-state index is -0.272. The van der Waals surface area contributed by atoms with Gasteiger partial charge in [-0.3, -0.25) is 4.79 Å². The number of hydrogen-bond acceptors (Lipinski definition) is 3. The first-order valence-electron chi connectivity index (χ1n) is 11.7. The number of rotatable bonds is 7. The standard InChI is InChI=1S/C28H28FN3O2.ClH/c1-19-6-5-7-20(2)27(19)34-15-14-32-25-9-4-3-8-24(25)30-28(32)22-16-26(33)31(18-22)17-21-10-12-23(29)13-11-21;/h3-13,22H,14-18H2,1-2H3;1H/p-1. The first kappa shape index (κ1) is 24.7. The highest BCUT2D eigenvalue weighted by atomic mass is 35.5. The second-order valence-electron chi connectivity index (χ2n) is 8.98. The molecule has 0 spiro atoms. The maximum Gasteiger partial charge on any atom is 0.223 e. The van der Waals surface area contributed by atoms with Crippen molar-refractivity contribution in [1.82, 2.24) is 14.5 Å². The van der Waals surface area contributed by atoms with Gasteiger partial charge in [0.25, 0.3) is 0 Å². The number of aromatic nitrogens is 2. The lowest BCUT2D eigenvalue weighted by atomic mass is 10.1. The van der Waals surface area contributed by atoms with E-state index in [1.807, 2.05) is 29.2 Å². The molecule has 1 aliphatic heterocycles. The van der Waals surface area contributed by atoms with Crippen LogP contribution in [-0.4, -0.2) is 33.5 Å². The van der Waals surface area contributed by atoms with Gasteiger partial charge in [0.2, 0.25) is 5.91 Å². The second-order valence-corrected chi connectivity index (χ2v) is 8.98. The number of para-hydroxylation sites is 3. The highest BCUT2D eigenvalue weighted by Crippen LogP contribution is 2.31. The Hall–Kier alpha value is -3.38. The van der Waals surface area contributed by atoms with E-state index >= 15 is 0 Å². The first-order chi connectivity index (χ1) is 16.5. The Labute approximate surface area is 210 Å². The SMILES string of the molecule is Cc1cccc(C)c1OCCn1c(C2CC(=O)N(Cc3ccc(F)cc3)C2)nc2ccccc21.[Cl-]. The largest absolute Gasteiger partial charge is 1.00 e. The number of ether oxygens (including phenoxy) is 1. The first-order valence-corrected chi connectivity index (χ1v) is 11.7. The fourth-order valence-electron chi connectivity index (χ4n) is 4.81. The fourth-order valence-corrected chi connectivity index (χ4v) is 4.81. The lowest BCUT2D eigenvalue weighted by Gasteiger charge is -2.18. The molecule has 4 aromatic rings. The van der Waals surface area contributed by atoms with Gasteiger partial charge in [-0.25, -0.2) is 9.37 Å². The summed E-state index contributed by atoms with van der Waals surface area (Å²) in [5.74, 6) is 1.67. The maximum absolute atomic E-state index is 13.3. The highest BCUT2D eigenvalue weighted by molar-refractivity contribution is 5.81. The number of carbonyl (C=O) groups excluding carboxylic acids is 1. The van der Waals surface area contributed by atoms with Crippen molar-refractivity contribution < 1.29 is 26.3 Å². The van der Waals surface area contributed by atoms with E-state index in [0.717, 1.165) is 39.3 Å². The van der Waals surface area contributed by atoms with Crippen LogP contribution in [0.5, 0.6) is 5.75 Å². The molecule has 1 amide bonds. The number of halogens is 2. The summed E-state index contributed by atoms with van der Waals surface area (Å²) in [5.41, 5.74) is 5.13. The summed E-state index contributed by atoms with van der Waals surface area (Å²) in [6, 6.07) is 20.5. The number of carbonyl (C=O) groups is 1. The quantitative estimate of drug-likeness (QED) is 0.398. The van der Waals surface area contributed by atoms with Crippen LogP contribution in [0.3, 0.4) is 0 Å². The molecule has 7 heteroatoms. The highest BCUT2D eigenvalue weighted by Gasteiger charge is 2.34. The Morgan fingerprint density at radius 1 is 1.00 bits per heavy atom. The molecule has 3 aromatic carbocycles. The van der Waals surface area contributed by atoms with Gasteiger partial charge in [-0.1, -0.05) is 42.5 Å². The molecule has 1 saturated heterocycles. The van der Waals surface area contributed by atoms with Gasteiger partial charge >= 0.3 is 0 Å². The van der Waals surface area contributed by atoms with Crippen LogP contribution < -0.4 is 17.1 Å². The summed E-state index contributed by atoms with van der Waals surface area (Å²) in [6.07, 6.45) is 0.419. The Balaban J connectivity index is 0.00000289. The van der Waals surface area contributed by atoms with Gasteiger partial charge in [0, 0.05) is 25.4 Å². The van der Waals surface area contributed by atoms with Crippen LogP contribution in [0.1, 0.15) is 34.9 Å². The number of benzene rings is 3. The van der Waals surface area contributed by atoms with Gasteiger partial charge in [-0.15, -0.1) is 0 Å². The van der Waals surface area contributed by atoms with E-state index in [0.29, 0.717) is 32.7 Å². The third-order valence-corrected chi connectivity index (χ3v) is 6.52. The van der Waals surface area contributed by atoms with Gasteiger partial charge in [0.15, 0.2) is 0 Å². The Bertz CT molecular complexity index is 1320. The minimum Gasteiger partial charge on any atom is -1.00 e. The average Bonchev–Trinajstić information content (AvgIpc) is 3.37. The third-order valence-electron chi connectivity index (χ3n) is 6.52. The number of amides is 1. The number of fused-ring (bicyclic) bond motifs is 1. The molecule has 1 atom stereocenters. The molecule has 0 bridgehead atoms. The molecule has 1 unspecified atom stereocenters. The molecule has 182 valence electrons. The zero-order chi connectivity index (χ0) is 23.7. The monoisotopic (exact) mass is 492 g/mol. The lowest BCUT2D eigenvalue weighted by molar-refractivity contribution is -0.128. The zero-order valence-electron chi connectivity index (χ0n) is 19.9. The van der Waals surface area contributed by atoms with E-state index in [2.05, 4.69) is 36.6 Å². The third kappa shape index (κ3) is 5.17. The molecular formula is C28H28ClFN3O2-. The fraction of sp³-hybridized carbons (Fsp3) is 0.286. The van der Waals surface area contributed by atoms with Crippen LogP contribution in [0, 0.1) is 19.7 Å². The van der Waals surface area contributed by atoms with Gasteiger partial charge in [-0.05, 0) is 54.8 Å². The molecule has 0 saturated carbocycles. The van der Waals surface area contributed by atoms with Crippen molar-refractivity contribution in [3.63, 3.8) is 0 Å². The van der Waals surface area contributed by atoms with Crippen LogP contribution in [0.25, 0.3) is 11.0 Å². The van der Waals surface area contributed by atoms with Gasteiger partial charge in [0.1, 0.15) is 24.0 Å². The molecule has 1 aliphatic rings. The minimum absolute atomic E-state index is 0. The number of nitrogens with zero attached hydrogens (tertiary/aromatic N) is 3. The molecule has 0 aliphatic carbocycles. The van der Waals surface area contributed by atoms with Crippen molar-refractivity contribution in [1.29, 1.82) is 0 Å². The molecule has 2 heterocycles. The van der Waals surface area contributed by atoms with Crippen molar-refractivity contribution in [2.24, 2.45) is 0 Å². The van der Waals surface area contributed by atoms with E-state index in [4.69, 9.17) is 9.72 Å². The Kier molecular flexibility index (Phi) is 7.41. The number of aryl methyl sites for hydroxylation is 2. The van der Waals surface area contributed by atoms with E-state index in [9.17, 15) is 9.18 Å². The Morgan fingerprint density at radius 2 is 1.71 bits per heavy atom. The second kappa shape index (κ2) is 10.5. The number of likely N-dealkylation sites (tertiary alicyclic amines) is 1. The van der Waals surface area contributed by atoms with Crippen LogP contribution in [0.2, 0.25) is 0 Å². The van der Waals surface area contributed by atoms with Crippen molar-refractivity contribution in [2.75, 3.05) is 13.2 Å². The van der Waals surface area contributed by atoms with Crippen molar-refractivity contribution in [3.05, 3.63) is 95.1 Å². The van der Waals surface area contributed by atoms with E-state index < -0.39 is 0 Å². The molecule has 1 fully saturated rings. The zero-order valence-corrected chi connectivity index (χ0v) is 20.6. The Morgan fingerprint density at radius 3 is 2.46 bits per heavy atom. The van der Waals surface area contributed by atoms with Gasteiger partial charge in [-0.2, -0.15) is 0 Å². The van der Waals surface area contributed by atoms with Gasteiger partial charge < -0.3 is 26.6 Å². The molecule has 5 rings (SSSR count). The summed E-state index contributed by atoms with van der Waals surface area (Å²) >= 11 is 0. The summed E-state index contributed by atoms with van der Waals surface area (Å²) in [5, 5.41) is 0. The molecule has 5 nitrogen and oxygen atoms in total. The topological polar surface area (TPSA) is 47.4 Å².